The van der Waals surface area contributed by atoms with Crippen molar-refractivity contribution in [1.29, 1.82) is 0 Å². The summed E-state index contributed by atoms with van der Waals surface area (Å²) in [7, 11) is 0. The van der Waals surface area contributed by atoms with E-state index in [1.807, 2.05) is 0 Å². The minimum atomic E-state index is -0.361. The fourth-order valence-corrected chi connectivity index (χ4v) is 1.03. The van der Waals surface area contributed by atoms with Gasteiger partial charge in [0.2, 0.25) is 0 Å². The Bertz CT molecular complexity index is 352. The molecule has 0 aliphatic heterocycles. The van der Waals surface area contributed by atoms with Gasteiger partial charge in [-0.05, 0) is 23.8 Å². The summed E-state index contributed by atoms with van der Waals surface area (Å²) in [6.07, 6.45) is 0. The molecule has 1 N–H and O–H groups in total. The summed E-state index contributed by atoms with van der Waals surface area (Å²) in [5.74, 6) is 5.61. The number of rotatable bonds is 1. The summed E-state index contributed by atoms with van der Waals surface area (Å²) in [5.41, 5.74) is 1.16. The molecule has 0 fully saturated rings. The van der Waals surface area contributed by atoms with Gasteiger partial charge in [0, 0.05) is 5.56 Å². The summed E-state index contributed by atoms with van der Waals surface area (Å²) in [4.78, 5) is 0. The molecule has 0 atom stereocenters. The quantitative estimate of drug-likeness (QED) is 0.516. The van der Waals surface area contributed by atoms with Gasteiger partial charge in [-0.25, -0.2) is 4.39 Å². The third-order valence-corrected chi connectivity index (χ3v) is 1.70. The molecule has 0 saturated heterocycles. The Morgan fingerprint density at radius 3 is 2.85 bits per heavy atom. The van der Waals surface area contributed by atoms with Crippen molar-refractivity contribution in [3.8, 4) is 11.8 Å². The minimum absolute atomic E-state index is 0.200. The fraction of sp³-hybridized carbons (Fsp3) is 0.200. The number of halogens is 1. The van der Waals surface area contributed by atoms with Gasteiger partial charge in [0.1, 0.15) is 5.82 Å². The van der Waals surface area contributed by atoms with Crippen molar-refractivity contribution in [2.24, 2.45) is 0 Å². The predicted octanol–water partition coefficient (Wildman–Crippen LogP) is 1.60. The molecule has 3 heteroatoms. The molecule has 0 amide bonds. The number of benzene rings is 1. The Morgan fingerprint density at radius 2 is 2.23 bits per heavy atom. The average Bonchev–Trinajstić information content (AvgIpc) is 2.16. The highest BCUT2D eigenvalue weighted by atomic mass is 32.1. The van der Waals surface area contributed by atoms with E-state index >= 15 is 0 Å². The van der Waals surface area contributed by atoms with E-state index in [2.05, 4.69) is 24.5 Å². The number of hydrogen-bond donors (Lipinski definition) is 2. The Kier molecular flexibility index (Phi) is 3.81. The third kappa shape index (κ3) is 2.76. The number of thiol groups is 1. The number of aliphatic hydroxyl groups excluding tert-OH is 1. The molecule has 0 unspecified atom stereocenters. The maximum Gasteiger partial charge on any atom is 0.123 e. The van der Waals surface area contributed by atoms with Gasteiger partial charge in [-0.2, -0.15) is 12.6 Å². The van der Waals surface area contributed by atoms with Crippen LogP contribution < -0.4 is 0 Å². The highest BCUT2D eigenvalue weighted by Gasteiger charge is 1.99. The SMILES string of the molecule is OCc1cc(F)ccc1C#CCS. The van der Waals surface area contributed by atoms with Crippen LogP contribution in [-0.4, -0.2) is 10.9 Å². The van der Waals surface area contributed by atoms with E-state index in [4.69, 9.17) is 5.11 Å². The van der Waals surface area contributed by atoms with Gasteiger partial charge >= 0.3 is 0 Å². The molecule has 1 rings (SSSR count). The van der Waals surface area contributed by atoms with Crippen LogP contribution in [0, 0.1) is 17.7 Å². The average molecular weight is 196 g/mol. The molecular formula is C10H9FOS. The lowest BCUT2D eigenvalue weighted by molar-refractivity contribution is 0.281. The van der Waals surface area contributed by atoms with Crippen molar-refractivity contribution in [3.05, 3.63) is 35.1 Å². The molecule has 0 spiro atoms. The van der Waals surface area contributed by atoms with Crippen LogP contribution in [0.2, 0.25) is 0 Å². The lowest BCUT2D eigenvalue weighted by Gasteiger charge is -1.99. The van der Waals surface area contributed by atoms with E-state index in [1.165, 1.54) is 12.1 Å². The maximum absolute atomic E-state index is 12.7. The van der Waals surface area contributed by atoms with Crippen molar-refractivity contribution in [1.82, 2.24) is 0 Å². The summed E-state index contributed by atoms with van der Waals surface area (Å²) in [6.45, 7) is -0.200. The minimum Gasteiger partial charge on any atom is -0.392 e. The number of aliphatic hydroxyl groups is 1. The van der Waals surface area contributed by atoms with E-state index in [1.54, 1.807) is 6.07 Å². The summed E-state index contributed by atoms with van der Waals surface area (Å²) < 4.78 is 12.7. The fourth-order valence-electron chi connectivity index (χ4n) is 0.950. The summed E-state index contributed by atoms with van der Waals surface area (Å²) in [6, 6.07) is 4.15. The lowest BCUT2D eigenvalue weighted by Crippen LogP contribution is -1.90. The zero-order valence-electron chi connectivity index (χ0n) is 6.92. The highest BCUT2D eigenvalue weighted by molar-refractivity contribution is 7.80. The van der Waals surface area contributed by atoms with Crippen LogP contribution in [0.15, 0.2) is 18.2 Å². The van der Waals surface area contributed by atoms with Crippen molar-refractivity contribution >= 4 is 12.6 Å². The Balaban J connectivity index is 3.06. The molecule has 0 aromatic heterocycles. The van der Waals surface area contributed by atoms with Crippen LogP contribution in [0.1, 0.15) is 11.1 Å². The second-order valence-electron chi connectivity index (χ2n) is 2.42. The standard InChI is InChI=1S/C10H9FOS/c11-10-4-3-8(2-1-5-13)9(6-10)7-12/h3-4,6,12-13H,5,7H2. The molecule has 0 saturated carbocycles. The largest absolute Gasteiger partial charge is 0.392 e. The van der Waals surface area contributed by atoms with Crippen LogP contribution in [0.3, 0.4) is 0 Å². The van der Waals surface area contributed by atoms with Crippen LogP contribution in [0.4, 0.5) is 4.39 Å². The van der Waals surface area contributed by atoms with Gasteiger partial charge in [-0.15, -0.1) is 0 Å². The molecule has 0 radical (unpaired) electrons. The first-order chi connectivity index (χ1) is 6.27. The van der Waals surface area contributed by atoms with E-state index in [0.29, 0.717) is 16.9 Å². The van der Waals surface area contributed by atoms with Gasteiger partial charge in [-0.1, -0.05) is 11.8 Å². The maximum atomic E-state index is 12.7. The van der Waals surface area contributed by atoms with Crippen LogP contribution in [0.5, 0.6) is 0 Å². The Morgan fingerprint density at radius 1 is 1.46 bits per heavy atom. The smallest absolute Gasteiger partial charge is 0.123 e. The molecule has 68 valence electrons. The number of hydrogen-bond acceptors (Lipinski definition) is 2. The van der Waals surface area contributed by atoms with Crippen molar-refractivity contribution in [3.63, 3.8) is 0 Å². The summed E-state index contributed by atoms with van der Waals surface area (Å²) >= 11 is 3.92. The zero-order valence-corrected chi connectivity index (χ0v) is 7.81. The molecule has 1 nitrogen and oxygen atoms in total. The normalized spacial score (nSPS) is 9.15. The van der Waals surface area contributed by atoms with Gasteiger partial charge in [-0.3, -0.25) is 0 Å². The summed E-state index contributed by atoms with van der Waals surface area (Å²) in [5, 5.41) is 8.89. The van der Waals surface area contributed by atoms with Crippen LogP contribution >= 0.6 is 12.6 Å². The van der Waals surface area contributed by atoms with Crippen molar-refractivity contribution in [2.45, 2.75) is 6.61 Å². The van der Waals surface area contributed by atoms with Gasteiger partial charge in [0.25, 0.3) is 0 Å². The predicted molar refractivity (Wildman–Crippen MR) is 53.1 cm³/mol. The van der Waals surface area contributed by atoms with Gasteiger partial charge in [0.15, 0.2) is 0 Å². The molecular weight excluding hydrogens is 187 g/mol. The van der Waals surface area contributed by atoms with E-state index in [-0.39, 0.29) is 12.4 Å². The van der Waals surface area contributed by atoms with Crippen LogP contribution in [-0.2, 0) is 6.61 Å². The van der Waals surface area contributed by atoms with Gasteiger partial charge in [0.05, 0.1) is 12.4 Å². The van der Waals surface area contributed by atoms with Crippen molar-refractivity contribution < 1.29 is 9.50 Å². The van der Waals surface area contributed by atoms with Crippen LogP contribution in [0.25, 0.3) is 0 Å². The molecule has 1 aromatic carbocycles. The van der Waals surface area contributed by atoms with E-state index in [9.17, 15) is 4.39 Å². The van der Waals surface area contributed by atoms with Crippen molar-refractivity contribution in [2.75, 3.05) is 5.75 Å². The molecule has 0 aliphatic carbocycles. The first kappa shape index (κ1) is 10.1. The molecule has 0 heterocycles. The molecule has 13 heavy (non-hydrogen) atoms. The molecule has 0 aliphatic rings. The highest BCUT2D eigenvalue weighted by Crippen LogP contribution is 2.09. The second-order valence-corrected chi connectivity index (χ2v) is 2.74. The lowest BCUT2D eigenvalue weighted by atomic mass is 10.1. The molecule has 0 bridgehead atoms. The first-order valence-electron chi connectivity index (χ1n) is 3.77. The second kappa shape index (κ2) is 4.90. The Hall–Kier alpha value is -0.980. The zero-order chi connectivity index (χ0) is 9.68. The third-order valence-electron chi connectivity index (χ3n) is 1.54. The van der Waals surface area contributed by atoms with Gasteiger partial charge < -0.3 is 5.11 Å². The molecule has 1 aromatic rings. The topological polar surface area (TPSA) is 20.2 Å². The van der Waals surface area contributed by atoms with E-state index in [0.717, 1.165) is 0 Å². The van der Waals surface area contributed by atoms with E-state index < -0.39 is 0 Å². The monoisotopic (exact) mass is 196 g/mol. The first-order valence-corrected chi connectivity index (χ1v) is 4.40. The Labute approximate surface area is 82.0 Å².